The third kappa shape index (κ3) is 5.88. The summed E-state index contributed by atoms with van der Waals surface area (Å²) in [5, 5.41) is 12.3. The van der Waals surface area contributed by atoms with E-state index in [1.54, 1.807) is 6.07 Å². The third-order valence-electron chi connectivity index (χ3n) is 5.01. The Morgan fingerprint density at radius 3 is 2.34 bits per heavy atom. The van der Waals surface area contributed by atoms with Gasteiger partial charge in [-0.25, -0.2) is 4.98 Å². The first kappa shape index (κ1) is 23.5. The SMILES string of the molecule is CC(C)(C)NC(=O)CSc1nc2c(c(C(F)(F)F)c1C#N)C[C@@H](C(C)(C)C)CC2. The van der Waals surface area contributed by atoms with Crippen LogP contribution in [-0.4, -0.2) is 22.2 Å². The number of amides is 1. The fraction of sp³-hybridized carbons (Fsp3) is 0.667. The van der Waals surface area contributed by atoms with Gasteiger partial charge in [-0.3, -0.25) is 4.79 Å². The first-order valence-corrected chi connectivity index (χ1v) is 10.6. The Morgan fingerprint density at radius 1 is 1.24 bits per heavy atom. The maximum Gasteiger partial charge on any atom is 0.418 e. The number of aromatic nitrogens is 1. The molecule has 0 unspecified atom stereocenters. The number of alkyl halides is 3. The molecule has 2 rings (SSSR count). The van der Waals surface area contributed by atoms with E-state index >= 15 is 0 Å². The van der Waals surface area contributed by atoms with Crippen molar-refractivity contribution < 1.29 is 18.0 Å². The average molecular weight is 428 g/mol. The lowest BCUT2D eigenvalue weighted by atomic mass is 9.70. The summed E-state index contributed by atoms with van der Waals surface area (Å²) in [7, 11) is 0. The van der Waals surface area contributed by atoms with Crippen LogP contribution in [0.1, 0.15) is 70.3 Å². The van der Waals surface area contributed by atoms with Crippen molar-refractivity contribution in [3.8, 4) is 6.07 Å². The maximum absolute atomic E-state index is 14.0. The van der Waals surface area contributed by atoms with Crippen molar-refractivity contribution >= 4 is 17.7 Å². The first-order valence-electron chi connectivity index (χ1n) is 9.60. The molecule has 0 bridgehead atoms. The van der Waals surface area contributed by atoms with E-state index in [9.17, 15) is 23.2 Å². The van der Waals surface area contributed by atoms with Crippen molar-refractivity contribution in [2.24, 2.45) is 11.3 Å². The number of aryl methyl sites for hydroxylation is 1. The topological polar surface area (TPSA) is 65.8 Å². The molecule has 1 aromatic rings. The number of nitrogens with zero attached hydrogens (tertiary/aromatic N) is 2. The van der Waals surface area contributed by atoms with E-state index in [-0.39, 0.29) is 40.0 Å². The van der Waals surface area contributed by atoms with Gasteiger partial charge in [0, 0.05) is 11.2 Å². The molecular weight excluding hydrogens is 399 g/mol. The molecule has 0 fully saturated rings. The second-order valence-corrected chi connectivity index (χ2v) is 10.6. The molecule has 1 aromatic heterocycles. The molecule has 1 amide bonds. The number of rotatable bonds is 3. The summed E-state index contributed by atoms with van der Waals surface area (Å²) in [4.78, 5) is 16.5. The minimum atomic E-state index is -4.65. The van der Waals surface area contributed by atoms with Crippen LogP contribution in [0.2, 0.25) is 0 Å². The van der Waals surface area contributed by atoms with E-state index in [1.807, 2.05) is 41.5 Å². The van der Waals surface area contributed by atoms with E-state index < -0.39 is 22.8 Å². The Kier molecular flexibility index (Phi) is 6.63. The molecule has 0 saturated heterocycles. The molecule has 8 heteroatoms. The second-order valence-electron chi connectivity index (χ2n) is 9.59. The van der Waals surface area contributed by atoms with Crippen molar-refractivity contribution in [3.63, 3.8) is 0 Å². The molecule has 29 heavy (non-hydrogen) atoms. The summed E-state index contributed by atoms with van der Waals surface area (Å²) in [6, 6.07) is 1.71. The van der Waals surface area contributed by atoms with Gasteiger partial charge in [-0.1, -0.05) is 32.5 Å². The highest BCUT2D eigenvalue weighted by Gasteiger charge is 2.42. The summed E-state index contributed by atoms with van der Waals surface area (Å²) in [6.45, 7) is 11.5. The molecule has 4 nitrogen and oxygen atoms in total. The van der Waals surface area contributed by atoms with E-state index in [2.05, 4.69) is 10.3 Å². The quantitative estimate of drug-likeness (QED) is 0.679. The van der Waals surface area contributed by atoms with E-state index in [0.717, 1.165) is 18.2 Å². The van der Waals surface area contributed by atoms with Gasteiger partial charge in [-0.05, 0) is 56.9 Å². The summed E-state index contributed by atoms with van der Waals surface area (Å²) < 4.78 is 41.9. The van der Waals surface area contributed by atoms with Gasteiger partial charge in [-0.15, -0.1) is 0 Å². The van der Waals surface area contributed by atoms with Crippen molar-refractivity contribution in [1.82, 2.24) is 10.3 Å². The van der Waals surface area contributed by atoms with Gasteiger partial charge in [0.1, 0.15) is 11.1 Å². The number of hydrogen-bond donors (Lipinski definition) is 1. The summed E-state index contributed by atoms with van der Waals surface area (Å²) >= 11 is 0.884. The second kappa shape index (κ2) is 8.17. The minimum Gasteiger partial charge on any atom is -0.351 e. The third-order valence-corrected chi connectivity index (χ3v) is 5.98. The highest BCUT2D eigenvalue weighted by Crippen LogP contribution is 2.44. The van der Waals surface area contributed by atoms with E-state index in [1.165, 1.54) is 0 Å². The van der Waals surface area contributed by atoms with Gasteiger partial charge >= 0.3 is 6.18 Å². The zero-order chi connectivity index (χ0) is 22.2. The molecule has 0 saturated carbocycles. The number of nitrogens with one attached hydrogen (secondary N) is 1. The number of carbonyl (C=O) groups is 1. The number of nitriles is 1. The van der Waals surface area contributed by atoms with Crippen LogP contribution in [0.15, 0.2) is 5.03 Å². The predicted molar refractivity (Wildman–Crippen MR) is 108 cm³/mol. The van der Waals surface area contributed by atoms with Gasteiger partial charge in [0.05, 0.1) is 16.9 Å². The van der Waals surface area contributed by atoms with Crippen LogP contribution in [0.3, 0.4) is 0 Å². The first-order chi connectivity index (χ1) is 13.1. The highest BCUT2D eigenvalue weighted by molar-refractivity contribution is 8.00. The molecule has 1 atom stereocenters. The van der Waals surface area contributed by atoms with E-state index in [0.29, 0.717) is 12.1 Å². The summed E-state index contributed by atoms with van der Waals surface area (Å²) in [5.74, 6) is -0.326. The van der Waals surface area contributed by atoms with Crippen LogP contribution in [0.5, 0.6) is 0 Å². The molecule has 1 aliphatic rings. The Morgan fingerprint density at radius 2 is 1.86 bits per heavy atom. The molecule has 1 aliphatic carbocycles. The van der Waals surface area contributed by atoms with Crippen LogP contribution in [0, 0.1) is 22.7 Å². The van der Waals surface area contributed by atoms with Crippen LogP contribution < -0.4 is 5.32 Å². The Hall–Kier alpha value is -1.75. The van der Waals surface area contributed by atoms with Gasteiger partial charge in [0.15, 0.2) is 0 Å². The number of pyridine rings is 1. The Labute approximate surface area is 174 Å². The fourth-order valence-corrected chi connectivity index (χ4v) is 4.39. The predicted octanol–water partition coefficient (Wildman–Crippen LogP) is 5.13. The molecule has 1 heterocycles. The zero-order valence-corrected chi connectivity index (χ0v) is 18.6. The average Bonchev–Trinajstić information content (AvgIpc) is 2.54. The van der Waals surface area contributed by atoms with Crippen molar-refractivity contribution in [3.05, 3.63) is 22.4 Å². The van der Waals surface area contributed by atoms with Crippen LogP contribution in [-0.2, 0) is 23.8 Å². The molecule has 0 aliphatic heterocycles. The van der Waals surface area contributed by atoms with Gasteiger partial charge in [0.2, 0.25) is 5.91 Å². The fourth-order valence-electron chi connectivity index (χ4n) is 3.58. The van der Waals surface area contributed by atoms with Gasteiger partial charge < -0.3 is 5.32 Å². The molecule has 0 spiro atoms. The molecule has 1 N–H and O–H groups in total. The number of thioether (sulfide) groups is 1. The van der Waals surface area contributed by atoms with Crippen LogP contribution in [0.4, 0.5) is 13.2 Å². The van der Waals surface area contributed by atoms with Crippen LogP contribution >= 0.6 is 11.8 Å². The van der Waals surface area contributed by atoms with E-state index in [4.69, 9.17) is 0 Å². The molecule has 160 valence electrons. The molecule has 0 aromatic carbocycles. The standard InChI is InChI=1S/C21H28F3N3OS/c1-19(2,3)12-7-8-15-13(9-12)17(21(22,23)24)14(10-25)18(26-15)29-11-16(28)27-20(4,5)6/h12H,7-9,11H2,1-6H3,(H,27,28)/t12-/m0/s1. The van der Waals surface area contributed by atoms with Crippen molar-refractivity contribution in [2.45, 2.75) is 77.5 Å². The van der Waals surface area contributed by atoms with Crippen LogP contribution in [0.25, 0.3) is 0 Å². The maximum atomic E-state index is 14.0. The van der Waals surface area contributed by atoms with Crippen molar-refractivity contribution in [1.29, 1.82) is 5.26 Å². The normalized spacial score (nSPS) is 17.4. The lowest BCUT2D eigenvalue weighted by Gasteiger charge is -2.36. The van der Waals surface area contributed by atoms with Gasteiger partial charge in [-0.2, -0.15) is 18.4 Å². The number of halogens is 3. The highest BCUT2D eigenvalue weighted by atomic mass is 32.2. The van der Waals surface area contributed by atoms with Gasteiger partial charge in [0.25, 0.3) is 0 Å². The lowest BCUT2D eigenvalue weighted by Crippen LogP contribution is -2.41. The number of hydrogen-bond acceptors (Lipinski definition) is 4. The summed E-state index contributed by atoms with van der Waals surface area (Å²) in [5.41, 5.74) is -1.39. The number of fused-ring (bicyclic) bond motifs is 1. The minimum absolute atomic E-state index is 0.0168. The smallest absolute Gasteiger partial charge is 0.351 e. The lowest BCUT2D eigenvalue weighted by molar-refractivity contribution is -0.139. The Bertz CT molecular complexity index is 830. The molecular formula is C21H28F3N3OS. The monoisotopic (exact) mass is 427 g/mol. The van der Waals surface area contributed by atoms with Crippen molar-refractivity contribution in [2.75, 3.05) is 5.75 Å². The largest absolute Gasteiger partial charge is 0.418 e. The Balaban J connectivity index is 2.46. The summed E-state index contributed by atoms with van der Waals surface area (Å²) in [6.07, 6.45) is -3.21. The number of carbonyl (C=O) groups excluding carboxylic acids is 1. The zero-order valence-electron chi connectivity index (χ0n) is 17.8. The molecule has 0 radical (unpaired) electrons.